The van der Waals surface area contributed by atoms with Gasteiger partial charge in [-0.1, -0.05) is 36.4 Å². The second-order valence-corrected chi connectivity index (χ2v) is 7.07. The predicted octanol–water partition coefficient (Wildman–Crippen LogP) is 5.31. The molecule has 0 atom stereocenters. The van der Waals surface area contributed by atoms with E-state index in [2.05, 4.69) is 15.6 Å². The van der Waals surface area contributed by atoms with Crippen molar-refractivity contribution in [3.63, 3.8) is 0 Å². The lowest BCUT2D eigenvalue weighted by Crippen LogP contribution is -2.12. The molecule has 0 unspecified atom stereocenters. The highest BCUT2D eigenvalue weighted by Crippen LogP contribution is 2.32. The Kier molecular flexibility index (Phi) is 5.31. The number of nitrogens with zero attached hydrogens (tertiary/aromatic N) is 1. The van der Waals surface area contributed by atoms with E-state index in [4.69, 9.17) is 9.47 Å². The zero-order valence-corrected chi connectivity index (χ0v) is 16.7. The second-order valence-electron chi connectivity index (χ2n) is 6.21. The maximum Gasteiger partial charge on any atom is 0.275 e. The van der Waals surface area contributed by atoms with Gasteiger partial charge in [-0.15, -0.1) is 11.3 Å². The molecule has 146 valence electrons. The lowest BCUT2D eigenvalue weighted by atomic mass is 10.1. The fourth-order valence-electron chi connectivity index (χ4n) is 2.99. The van der Waals surface area contributed by atoms with Crippen LogP contribution >= 0.6 is 11.3 Å². The fourth-order valence-corrected chi connectivity index (χ4v) is 3.70. The summed E-state index contributed by atoms with van der Waals surface area (Å²) in [5.74, 6) is 1.01. The fraction of sp³-hybridized carbons (Fsp3) is 0.0909. The second kappa shape index (κ2) is 8.20. The smallest absolute Gasteiger partial charge is 0.275 e. The van der Waals surface area contributed by atoms with E-state index in [1.54, 1.807) is 19.6 Å². The van der Waals surface area contributed by atoms with Gasteiger partial charge in [0.05, 0.1) is 14.2 Å². The minimum atomic E-state index is -0.252. The number of benzene rings is 3. The van der Waals surface area contributed by atoms with Crippen LogP contribution in [-0.4, -0.2) is 25.1 Å². The summed E-state index contributed by atoms with van der Waals surface area (Å²) < 4.78 is 10.6. The number of nitrogens with one attached hydrogen (secondary N) is 2. The largest absolute Gasteiger partial charge is 0.493 e. The van der Waals surface area contributed by atoms with Crippen LogP contribution in [0.4, 0.5) is 16.5 Å². The minimum absolute atomic E-state index is 0.252. The van der Waals surface area contributed by atoms with Crippen molar-refractivity contribution in [1.82, 2.24) is 4.98 Å². The third-order valence-corrected chi connectivity index (χ3v) is 5.17. The Hall–Kier alpha value is -3.58. The van der Waals surface area contributed by atoms with E-state index in [-0.39, 0.29) is 5.91 Å². The van der Waals surface area contributed by atoms with Crippen molar-refractivity contribution in [2.75, 3.05) is 24.9 Å². The van der Waals surface area contributed by atoms with Crippen molar-refractivity contribution in [1.29, 1.82) is 0 Å². The standard InChI is InChI=1S/C22H19N3O3S/c1-27-19-11-10-15(12-20(19)28-2)23-22-25-18(13-29-22)21(26)24-17-9-5-7-14-6-3-4-8-16(14)17/h3-13H,1-2H3,(H,23,25)(H,24,26). The first-order valence-electron chi connectivity index (χ1n) is 8.91. The lowest BCUT2D eigenvalue weighted by Gasteiger charge is -2.09. The van der Waals surface area contributed by atoms with Gasteiger partial charge in [0.2, 0.25) is 0 Å². The van der Waals surface area contributed by atoms with Crippen molar-refractivity contribution >= 4 is 44.5 Å². The van der Waals surface area contributed by atoms with E-state index < -0.39 is 0 Å². The SMILES string of the molecule is COc1ccc(Nc2nc(C(=O)Nc3cccc4ccccc34)cs2)cc1OC. The number of amides is 1. The molecule has 0 fully saturated rings. The number of thiazole rings is 1. The van der Waals surface area contributed by atoms with Gasteiger partial charge in [0.15, 0.2) is 16.6 Å². The van der Waals surface area contributed by atoms with Gasteiger partial charge in [-0.2, -0.15) is 0 Å². The number of aromatic nitrogens is 1. The monoisotopic (exact) mass is 405 g/mol. The van der Waals surface area contributed by atoms with E-state index in [1.807, 2.05) is 60.7 Å². The van der Waals surface area contributed by atoms with Gasteiger partial charge >= 0.3 is 0 Å². The summed E-state index contributed by atoms with van der Waals surface area (Å²) in [6, 6.07) is 19.2. The molecular formula is C22H19N3O3S. The third kappa shape index (κ3) is 4.00. The average molecular weight is 405 g/mol. The van der Waals surface area contributed by atoms with Crippen molar-refractivity contribution < 1.29 is 14.3 Å². The molecule has 2 N–H and O–H groups in total. The summed E-state index contributed by atoms with van der Waals surface area (Å²) in [6.07, 6.45) is 0. The van der Waals surface area contributed by atoms with Crippen molar-refractivity contribution in [2.45, 2.75) is 0 Å². The first-order chi connectivity index (χ1) is 14.2. The van der Waals surface area contributed by atoms with Gasteiger partial charge in [0.25, 0.3) is 5.91 Å². The highest BCUT2D eigenvalue weighted by Gasteiger charge is 2.13. The molecular weight excluding hydrogens is 386 g/mol. The van der Waals surface area contributed by atoms with Gasteiger partial charge in [-0.05, 0) is 23.6 Å². The Balaban J connectivity index is 1.51. The third-order valence-electron chi connectivity index (χ3n) is 4.41. The van der Waals surface area contributed by atoms with Crippen LogP contribution in [0.25, 0.3) is 10.8 Å². The average Bonchev–Trinajstić information content (AvgIpc) is 3.22. The van der Waals surface area contributed by atoms with Gasteiger partial charge < -0.3 is 20.1 Å². The summed E-state index contributed by atoms with van der Waals surface area (Å²) in [5.41, 5.74) is 1.90. The molecule has 3 aromatic carbocycles. The van der Waals surface area contributed by atoms with Crippen molar-refractivity contribution in [3.8, 4) is 11.5 Å². The number of fused-ring (bicyclic) bond motifs is 1. The molecule has 0 aliphatic heterocycles. The van der Waals surface area contributed by atoms with E-state index >= 15 is 0 Å². The Bertz CT molecular complexity index is 1170. The summed E-state index contributed by atoms with van der Waals surface area (Å²) in [7, 11) is 3.17. The Labute approximate surface area is 172 Å². The quantitative estimate of drug-likeness (QED) is 0.455. The van der Waals surface area contributed by atoms with E-state index in [1.165, 1.54) is 11.3 Å². The highest BCUT2D eigenvalue weighted by atomic mass is 32.1. The molecule has 1 aromatic heterocycles. The normalized spacial score (nSPS) is 10.6. The molecule has 4 rings (SSSR count). The molecule has 0 aliphatic carbocycles. The Morgan fingerprint density at radius 3 is 2.59 bits per heavy atom. The van der Waals surface area contributed by atoms with Gasteiger partial charge in [-0.3, -0.25) is 4.79 Å². The van der Waals surface area contributed by atoms with Crippen LogP contribution in [0.5, 0.6) is 11.5 Å². The van der Waals surface area contributed by atoms with Gasteiger partial charge in [0, 0.05) is 28.2 Å². The van der Waals surface area contributed by atoms with E-state index in [0.29, 0.717) is 22.3 Å². The lowest BCUT2D eigenvalue weighted by molar-refractivity contribution is 0.102. The van der Waals surface area contributed by atoms with Gasteiger partial charge in [0.1, 0.15) is 5.69 Å². The first-order valence-corrected chi connectivity index (χ1v) is 9.79. The van der Waals surface area contributed by atoms with Crippen molar-refractivity contribution in [3.05, 3.63) is 71.7 Å². The number of hydrogen-bond acceptors (Lipinski definition) is 6. The summed E-state index contributed by atoms with van der Waals surface area (Å²) >= 11 is 1.36. The number of hydrogen-bond donors (Lipinski definition) is 2. The molecule has 1 amide bonds. The van der Waals surface area contributed by atoms with Crippen LogP contribution in [0.1, 0.15) is 10.5 Å². The van der Waals surface area contributed by atoms with Crippen molar-refractivity contribution in [2.24, 2.45) is 0 Å². The number of carbonyl (C=O) groups is 1. The maximum absolute atomic E-state index is 12.7. The highest BCUT2D eigenvalue weighted by molar-refractivity contribution is 7.14. The van der Waals surface area contributed by atoms with E-state index in [0.717, 1.165) is 22.1 Å². The molecule has 0 spiro atoms. The number of methoxy groups -OCH3 is 2. The minimum Gasteiger partial charge on any atom is -0.493 e. The molecule has 29 heavy (non-hydrogen) atoms. The van der Waals surface area contributed by atoms with Crippen LogP contribution in [-0.2, 0) is 0 Å². The number of ether oxygens (including phenoxy) is 2. The molecule has 6 nitrogen and oxygen atoms in total. The molecule has 0 bridgehead atoms. The molecule has 4 aromatic rings. The molecule has 0 aliphatic rings. The Morgan fingerprint density at radius 2 is 1.76 bits per heavy atom. The van der Waals surface area contributed by atoms with Gasteiger partial charge in [-0.25, -0.2) is 4.98 Å². The molecule has 0 saturated carbocycles. The first kappa shape index (κ1) is 18.8. The predicted molar refractivity (Wildman–Crippen MR) is 117 cm³/mol. The summed E-state index contributed by atoms with van der Waals surface area (Å²) in [6.45, 7) is 0. The number of anilines is 3. The number of rotatable bonds is 6. The maximum atomic E-state index is 12.7. The molecule has 0 radical (unpaired) electrons. The van der Waals surface area contributed by atoms with Crippen LogP contribution in [0, 0.1) is 0 Å². The molecule has 0 saturated heterocycles. The summed E-state index contributed by atoms with van der Waals surface area (Å²) in [4.78, 5) is 17.1. The Morgan fingerprint density at radius 1 is 0.966 bits per heavy atom. The van der Waals surface area contributed by atoms with Crippen LogP contribution in [0.2, 0.25) is 0 Å². The zero-order valence-electron chi connectivity index (χ0n) is 15.9. The topological polar surface area (TPSA) is 72.5 Å². The van der Waals surface area contributed by atoms with E-state index in [9.17, 15) is 4.79 Å². The number of carbonyl (C=O) groups excluding carboxylic acids is 1. The summed E-state index contributed by atoms with van der Waals surface area (Å²) in [5, 5.41) is 10.5. The van der Waals surface area contributed by atoms with Crippen LogP contribution in [0.15, 0.2) is 66.0 Å². The molecule has 1 heterocycles. The van der Waals surface area contributed by atoms with Crippen LogP contribution < -0.4 is 20.1 Å². The van der Waals surface area contributed by atoms with Crippen LogP contribution in [0.3, 0.4) is 0 Å². The zero-order chi connectivity index (χ0) is 20.2. The molecule has 7 heteroatoms.